The molecule has 0 bridgehead atoms. The summed E-state index contributed by atoms with van der Waals surface area (Å²) in [6.07, 6.45) is 3.57. The van der Waals surface area contributed by atoms with E-state index in [1.54, 1.807) is 4.31 Å². The Labute approximate surface area is 126 Å². The van der Waals surface area contributed by atoms with Gasteiger partial charge in [0.05, 0.1) is 0 Å². The Balaban J connectivity index is 1.73. The molecule has 1 saturated heterocycles. The maximum Gasteiger partial charge on any atom is 0.280 e. The van der Waals surface area contributed by atoms with Crippen LogP contribution in [0.2, 0.25) is 0 Å². The molecule has 1 aromatic rings. The van der Waals surface area contributed by atoms with Gasteiger partial charge in [-0.3, -0.25) is 0 Å². The normalized spacial score (nSPS) is 24.1. The Bertz CT molecular complexity index is 622. The van der Waals surface area contributed by atoms with Crippen LogP contribution in [0.4, 0.5) is 5.69 Å². The van der Waals surface area contributed by atoms with Crippen molar-refractivity contribution >= 4 is 15.9 Å². The molecular formula is C15H23N3O2S. The van der Waals surface area contributed by atoms with Crippen LogP contribution in [-0.4, -0.2) is 25.8 Å². The van der Waals surface area contributed by atoms with Gasteiger partial charge in [0.2, 0.25) is 0 Å². The van der Waals surface area contributed by atoms with Crippen molar-refractivity contribution in [2.24, 2.45) is 5.92 Å². The monoisotopic (exact) mass is 309 g/mol. The van der Waals surface area contributed by atoms with E-state index < -0.39 is 10.2 Å². The van der Waals surface area contributed by atoms with Crippen molar-refractivity contribution in [2.45, 2.75) is 38.6 Å². The maximum atomic E-state index is 12.5. The summed E-state index contributed by atoms with van der Waals surface area (Å²) >= 11 is 0. The first-order valence-corrected chi connectivity index (χ1v) is 9.05. The number of anilines is 1. The van der Waals surface area contributed by atoms with E-state index >= 15 is 0 Å². The van der Waals surface area contributed by atoms with Crippen molar-refractivity contribution in [3.63, 3.8) is 0 Å². The number of fused-ring (bicyclic) bond motifs is 1. The van der Waals surface area contributed by atoms with E-state index in [0.717, 1.165) is 42.5 Å². The fourth-order valence-electron chi connectivity index (χ4n) is 3.24. The average molecular weight is 309 g/mol. The van der Waals surface area contributed by atoms with Gasteiger partial charge >= 0.3 is 0 Å². The molecule has 1 aliphatic heterocycles. The molecule has 0 amide bonds. The highest BCUT2D eigenvalue weighted by Gasteiger charge is 2.31. The highest BCUT2D eigenvalue weighted by Crippen LogP contribution is 2.33. The van der Waals surface area contributed by atoms with Crippen LogP contribution in [-0.2, 0) is 16.6 Å². The Hall–Kier alpha value is -1.11. The summed E-state index contributed by atoms with van der Waals surface area (Å²) in [5.74, 6) is 0.617. The van der Waals surface area contributed by atoms with Crippen molar-refractivity contribution in [2.75, 3.05) is 18.8 Å². The largest absolute Gasteiger partial charge is 0.399 e. The number of nitrogens with two attached hydrogens (primary N) is 1. The third-order valence-corrected chi connectivity index (χ3v) is 6.25. The van der Waals surface area contributed by atoms with E-state index in [0.29, 0.717) is 19.0 Å². The van der Waals surface area contributed by atoms with Crippen molar-refractivity contribution in [3.8, 4) is 0 Å². The molecule has 116 valence electrons. The Morgan fingerprint density at radius 1 is 1.24 bits per heavy atom. The van der Waals surface area contributed by atoms with Gasteiger partial charge < -0.3 is 5.73 Å². The number of nitrogen functional groups attached to an aromatic ring is 1. The van der Waals surface area contributed by atoms with Crippen LogP contribution in [0.3, 0.4) is 0 Å². The molecule has 1 aliphatic carbocycles. The van der Waals surface area contributed by atoms with Crippen LogP contribution in [0.1, 0.15) is 43.4 Å². The van der Waals surface area contributed by atoms with E-state index in [1.807, 2.05) is 18.2 Å². The minimum atomic E-state index is -3.39. The van der Waals surface area contributed by atoms with E-state index in [1.165, 1.54) is 0 Å². The van der Waals surface area contributed by atoms with Crippen LogP contribution in [0.25, 0.3) is 0 Å². The number of hydrogen-bond acceptors (Lipinski definition) is 3. The molecular weight excluding hydrogens is 286 g/mol. The number of piperidine rings is 1. The summed E-state index contributed by atoms with van der Waals surface area (Å²) < 4.78 is 29.5. The van der Waals surface area contributed by atoms with Gasteiger partial charge in [-0.15, -0.1) is 0 Å². The summed E-state index contributed by atoms with van der Waals surface area (Å²) in [6.45, 7) is 3.42. The maximum absolute atomic E-state index is 12.5. The topological polar surface area (TPSA) is 75.4 Å². The third-order valence-electron chi connectivity index (χ3n) is 4.62. The zero-order chi connectivity index (χ0) is 15.0. The SMILES string of the molecule is CC1CCN(S(=O)(=O)NC2CCc3cc(N)ccc32)CC1. The van der Waals surface area contributed by atoms with Crippen molar-refractivity contribution < 1.29 is 8.42 Å². The van der Waals surface area contributed by atoms with Gasteiger partial charge in [0.15, 0.2) is 0 Å². The molecule has 3 rings (SSSR count). The van der Waals surface area contributed by atoms with Gasteiger partial charge in [0.25, 0.3) is 10.2 Å². The molecule has 0 radical (unpaired) electrons. The van der Waals surface area contributed by atoms with Gasteiger partial charge in [-0.2, -0.15) is 17.4 Å². The van der Waals surface area contributed by atoms with Crippen LogP contribution < -0.4 is 10.5 Å². The van der Waals surface area contributed by atoms with Crippen LogP contribution >= 0.6 is 0 Å². The second kappa shape index (κ2) is 5.59. The van der Waals surface area contributed by atoms with Crippen molar-refractivity contribution in [1.29, 1.82) is 0 Å². The minimum Gasteiger partial charge on any atom is -0.399 e. The van der Waals surface area contributed by atoms with Crippen molar-refractivity contribution in [3.05, 3.63) is 29.3 Å². The summed E-state index contributed by atoms with van der Waals surface area (Å²) in [4.78, 5) is 0. The van der Waals surface area contributed by atoms with Gasteiger partial charge in [-0.1, -0.05) is 13.0 Å². The molecule has 1 aromatic carbocycles. The molecule has 2 aliphatic rings. The lowest BCUT2D eigenvalue weighted by atomic mass is 10.0. The van der Waals surface area contributed by atoms with Gasteiger partial charge in [0, 0.05) is 24.8 Å². The number of nitrogens with one attached hydrogen (secondary N) is 1. The lowest BCUT2D eigenvalue weighted by Crippen LogP contribution is -2.45. The summed E-state index contributed by atoms with van der Waals surface area (Å²) in [6, 6.07) is 5.62. The average Bonchev–Trinajstić information content (AvgIpc) is 2.81. The molecule has 1 atom stereocenters. The van der Waals surface area contributed by atoms with Crippen LogP contribution in [0, 0.1) is 5.92 Å². The lowest BCUT2D eigenvalue weighted by Gasteiger charge is -2.30. The standard InChI is InChI=1S/C15H23N3O2S/c1-11-6-8-18(9-7-11)21(19,20)17-15-5-2-12-10-13(16)3-4-14(12)15/h3-4,10-11,15,17H,2,5-9,16H2,1H3. The Kier molecular flexibility index (Phi) is 3.94. The molecule has 3 N–H and O–H groups in total. The van der Waals surface area contributed by atoms with E-state index in [4.69, 9.17) is 5.73 Å². The first-order valence-electron chi connectivity index (χ1n) is 7.61. The lowest BCUT2D eigenvalue weighted by molar-refractivity contribution is 0.283. The second-order valence-electron chi connectivity index (χ2n) is 6.25. The number of hydrogen-bond donors (Lipinski definition) is 2. The van der Waals surface area contributed by atoms with Crippen LogP contribution in [0.15, 0.2) is 18.2 Å². The molecule has 1 unspecified atom stereocenters. The first kappa shape index (κ1) is 14.8. The molecule has 5 nitrogen and oxygen atoms in total. The van der Waals surface area contributed by atoms with Gasteiger partial charge in [-0.05, 0) is 54.9 Å². The summed E-state index contributed by atoms with van der Waals surface area (Å²) in [5, 5.41) is 0. The predicted octanol–water partition coefficient (Wildman–Crippen LogP) is 1.82. The van der Waals surface area contributed by atoms with E-state index in [2.05, 4.69) is 11.6 Å². The number of nitrogens with zero attached hydrogens (tertiary/aromatic N) is 1. The number of benzene rings is 1. The fourth-order valence-corrected chi connectivity index (χ4v) is 4.68. The number of aryl methyl sites for hydroxylation is 1. The van der Waals surface area contributed by atoms with Crippen LogP contribution in [0.5, 0.6) is 0 Å². The summed E-state index contributed by atoms with van der Waals surface area (Å²) in [5.41, 5.74) is 8.75. The highest BCUT2D eigenvalue weighted by atomic mass is 32.2. The van der Waals surface area contributed by atoms with E-state index in [9.17, 15) is 8.42 Å². The molecule has 0 spiro atoms. The molecule has 21 heavy (non-hydrogen) atoms. The third kappa shape index (κ3) is 3.07. The van der Waals surface area contributed by atoms with Gasteiger partial charge in [-0.25, -0.2) is 0 Å². The Morgan fingerprint density at radius 3 is 2.67 bits per heavy atom. The molecule has 0 aromatic heterocycles. The summed E-state index contributed by atoms with van der Waals surface area (Å²) in [7, 11) is -3.39. The predicted molar refractivity (Wildman–Crippen MR) is 83.9 cm³/mol. The first-order chi connectivity index (χ1) is 9.95. The van der Waals surface area contributed by atoms with Gasteiger partial charge in [0.1, 0.15) is 0 Å². The zero-order valence-corrected chi connectivity index (χ0v) is 13.2. The highest BCUT2D eigenvalue weighted by molar-refractivity contribution is 7.87. The zero-order valence-electron chi connectivity index (χ0n) is 12.4. The molecule has 1 fully saturated rings. The van der Waals surface area contributed by atoms with Crippen molar-refractivity contribution in [1.82, 2.24) is 9.03 Å². The minimum absolute atomic E-state index is 0.120. The molecule has 0 saturated carbocycles. The Morgan fingerprint density at radius 2 is 1.95 bits per heavy atom. The smallest absolute Gasteiger partial charge is 0.280 e. The quantitative estimate of drug-likeness (QED) is 0.836. The fraction of sp³-hybridized carbons (Fsp3) is 0.600. The van der Waals surface area contributed by atoms with E-state index in [-0.39, 0.29) is 6.04 Å². The number of rotatable bonds is 3. The molecule has 1 heterocycles. The molecule has 6 heteroatoms. The second-order valence-corrected chi connectivity index (χ2v) is 7.96.